The van der Waals surface area contributed by atoms with E-state index in [1.54, 1.807) is 11.1 Å². The highest BCUT2D eigenvalue weighted by molar-refractivity contribution is 5.93. The molecule has 3 rings (SSSR count). The van der Waals surface area contributed by atoms with Crippen molar-refractivity contribution in [1.29, 1.82) is 0 Å². The summed E-state index contributed by atoms with van der Waals surface area (Å²) in [4.78, 5) is 11.5. The quantitative estimate of drug-likeness (QED) is 0.613. The van der Waals surface area contributed by atoms with E-state index in [9.17, 15) is 4.79 Å². The van der Waals surface area contributed by atoms with Gasteiger partial charge in [-0.25, -0.2) is 0 Å². The smallest absolute Gasteiger partial charge is 0.156 e. The van der Waals surface area contributed by atoms with Gasteiger partial charge in [-0.1, -0.05) is 19.4 Å². The Balaban J connectivity index is 2.02. The van der Waals surface area contributed by atoms with Crippen LogP contribution in [0.1, 0.15) is 52.4 Å². The molecule has 0 aliphatic heterocycles. The molecule has 1 nitrogen and oxygen atoms in total. The Labute approximate surface area is 104 Å². The maximum atomic E-state index is 11.5. The Morgan fingerprint density at radius 2 is 1.94 bits per heavy atom. The molecule has 3 aliphatic rings. The van der Waals surface area contributed by atoms with Crippen molar-refractivity contribution < 1.29 is 4.79 Å². The summed E-state index contributed by atoms with van der Waals surface area (Å²) in [5, 5.41) is 0. The van der Waals surface area contributed by atoms with E-state index in [4.69, 9.17) is 0 Å². The molecular formula is C16H22O. The van der Waals surface area contributed by atoms with Crippen molar-refractivity contribution in [2.75, 3.05) is 0 Å². The maximum Gasteiger partial charge on any atom is 0.156 e. The Morgan fingerprint density at radius 3 is 2.76 bits per heavy atom. The van der Waals surface area contributed by atoms with E-state index in [2.05, 4.69) is 13.8 Å². The van der Waals surface area contributed by atoms with E-state index < -0.39 is 0 Å². The Kier molecular flexibility index (Phi) is 2.72. The summed E-state index contributed by atoms with van der Waals surface area (Å²) >= 11 is 0. The van der Waals surface area contributed by atoms with Crippen molar-refractivity contribution in [2.45, 2.75) is 52.4 Å². The van der Waals surface area contributed by atoms with Gasteiger partial charge in [0.25, 0.3) is 0 Å². The summed E-state index contributed by atoms with van der Waals surface area (Å²) in [6.45, 7) is 4.79. The van der Waals surface area contributed by atoms with Crippen LogP contribution in [-0.4, -0.2) is 5.78 Å². The maximum absolute atomic E-state index is 11.5. The summed E-state index contributed by atoms with van der Waals surface area (Å²) < 4.78 is 0. The summed E-state index contributed by atoms with van der Waals surface area (Å²) in [5.74, 6) is 2.81. The first-order chi connectivity index (χ1) is 8.15. The molecule has 3 atom stereocenters. The average Bonchev–Trinajstić information content (AvgIpc) is 2.28. The van der Waals surface area contributed by atoms with Crippen LogP contribution in [0.25, 0.3) is 0 Å². The second-order valence-corrected chi connectivity index (χ2v) is 6.28. The number of hydrogen-bond acceptors (Lipinski definition) is 1. The van der Waals surface area contributed by atoms with Crippen LogP contribution >= 0.6 is 0 Å². The van der Waals surface area contributed by atoms with Crippen LogP contribution in [0.5, 0.6) is 0 Å². The van der Waals surface area contributed by atoms with Crippen molar-refractivity contribution in [2.24, 2.45) is 17.8 Å². The number of carbonyl (C=O) groups is 1. The van der Waals surface area contributed by atoms with Crippen molar-refractivity contribution in [3.8, 4) is 0 Å². The lowest BCUT2D eigenvalue weighted by Gasteiger charge is -2.41. The number of hydrogen-bond donors (Lipinski definition) is 0. The molecule has 0 radical (unpaired) electrons. The summed E-state index contributed by atoms with van der Waals surface area (Å²) in [7, 11) is 0. The topological polar surface area (TPSA) is 17.1 Å². The lowest BCUT2D eigenvalue weighted by molar-refractivity contribution is -0.114. The molecule has 17 heavy (non-hydrogen) atoms. The van der Waals surface area contributed by atoms with Gasteiger partial charge in [-0.3, -0.25) is 4.79 Å². The Hall–Kier alpha value is -0.850. The normalized spacial score (nSPS) is 37.4. The van der Waals surface area contributed by atoms with Crippen molar-refractivity contribution in [1.82, 2.24) is 0 Å². The molecule has 0 saturated heterocycles. The van der Waals surface area contributed by atoms with Gasteiger partial charge in [0.2, 0.25) is 0 Å². The zero-order chi connectivity index (χ0) is 12.0. The first kappa shape index (κ1) is 11.3. The standard InChI is InChI=1S/C16H22O/c1-10-7-11(2)16-13(8-10)4-3-12-9-14(17)5-6-15(12)16/h9-11,13H,3-8H2,1-2H3. The van der Waals surface area contributed by atoms with Gasteiger partial charge in [0, 0.05) is 6.42 Å². The Bertz CT molecular complexity index is 413. The van der Waals surface area contributed by atoms with Gasteiger partial charge in [0.15, 0.2) is 5.78 Å². The average molecular weight is 230 g/mol. The largest absolute Gasteiger partial charge is 0.295 e. The zero-order valence-corrected chi connectivity index (χ0v) is 11.0. The van der Waals surface area contributed by atoms with Gasteiger partial charge in [-0.15, -0.1) is 0 Å². The van der Waals surface area contributed by atoms with E-state index in [0.717, 1.165) is 37.0 Å². The highest BCUT2D eigenvalue weighted by Crippen LogP contribution is 2.48. The molecule has 0 N–H and O–H groups in total. The minimum Gasteiger partial charge on any atom is -0.295 e. The van der Waals surface area contributed by atoms with Crippen molar-refractivity contribution in [3.63, 3.8) is 0 Å². The van der Waals surface area contributed by atoms with Gasteiger partial charge in [0.1, 0.15) is 0 Å². The molecule has 3 unspecified atom stereocenters. The third-order valence-corrected chi connectivity index (χ3v) is 4.87. The number of ketones is 1. The van der Waals surface area contributed by atoms with Crippen LogP contribution in [0.2, 0.25) is 0 Å². The fraction of sp³-hybridized carbons (Fsp3) is 0.688. The summed E-state index contributed by atoms with van der Waals surface area (Å²) in [5.41, 5.74) is 4.70. The summed E-state index contributed by atoms with van der Waals surface area (Å²) in [6, 6.07) is 0. The van der Waals surface area contributed by atoms with Crippen LogP contribution in [-0.2, 0) is 4.79 Å². The molecule has 0 aromatic heterocycles. The van der Waals surface area contributed by atoms with Crippen LogP contribution in [0.15, 0.2) is 22.8 Å². The zero-order valence-electron chi connectivity index (χ0n) is 11.0. The fourth-order valence-electron chi connectivity index (χ4n) is 4.30. The molecule has 0 aromatic carbocycles. The predicted octanol–water partition coefficient (Wildman–Crippen LogP) is 4.05. The molecule has 1 saturated carbocycles. The van der Waals surface area contributed by atoms with Crippen LogP contribution in [0.3, 0.4) is 0 Å². The number of rotatable bonds is 0. The van der Waals surface area contributed by atoms with E-state index in [1.807, 2.05) is 6.08 Å². The van der Waals surface area contributed by atoms with Crippen molar-refractivity contribution >= 4 is 5.78 Å². The highest BCUT2D eigenvalue weighted by atomic mass is 16.1. The number of allylic oxidation sites excluding steroid dienone is 4. The molecule has 0 bridgehead atoms. The van der Waals surface area contributed by atoms with Gasteiger partial charge in [-0.05, 0) is 67.1 Å². The molecule has 1 heteroatoms. The SMILES string of the molecule is CC1CC(C)C2=C3CCC(=O)C=C3CCC2C1. The fourth-order valence-corrected chi connectivity index (χ4v) is 4.30. The molecule has 0 spiro atoms. The molecule has 0 amide bonds. The Morgan fingerprint density at radius 1 is 1.12 bits per heavy atom. The van der Waals surface area contributed by atoms with Crippen LogP contribution in [0.4, 0.5) is 0 Å². The minimum absolute atomic E-state index is 0.347. The van der Waals surface area contributed by atoms with Crippen LogP contribution in [0, 0.1) is 17.8 Å². The first-order valence-corrected chi connectivity index (χ1v) is 7.12. The predicted molar refractivity (Wildman–Crippen MR) is 69.6 cm³/mol. The van der Waals surface area contributed by atoms with E-state index in [1.165, 1.54) is 24.8 Å². The number of fused-ring (bicyclic) bond motifs is 2. The molecular weight excluding hydrogens is 208 g/mol. The van der Waals surface area contributed by atoms with Gasteiger partial charge in [-0.2, -0.15) is 0 Å². The third kappa shape index (κ3) is 1.90. The van der Waals surface area contributed by atoms with Crippen LogP contribution < -0.4 is 0 Å². The van der Waals surface area contributed by atoms with E-state index in [0.29, 0.717) is 5.78 Å². The monoisotopic (exact) mass is 230 g/mol. The van der Waals surface area contributed by atoms with E-state index in [-0.39, 0.29) is 0 Å². The lowest BCUT2D eigenvalue weighted by atomic mass is 9.64. The molecule has 3 aliphatic carbocycles. The van der Waals surface area contributed by atoms with Crippen molar-refractivity contribution in [3.05, 3.63) is 22.8 Å². The third-order valence-electron chi connectivity index (χ3n) is 4.87. The van der Waals surface area contributed by atoms with Gasteiger partial charge >= 0.3 is 0 Å². The molecule has 1 fully saturated rings. The molecule has 0 aromatic rings. The summed E-state index contributed by atoms with van der Waals surface area (Å²) in [6.07, 6.45) is 8.86. The lowest BCUT2D eigenvalue weighted by Crippen LogP contribution is -2.28. The second kappa shape index (κ2) is 4.12. The highest BCUT2D eigenvalue weighted by Gasteiger charge is 2.35. The van der Waals surface area contributed by atoms with Gasteiger partial charge in [0.05, 0.1) is 0 Å². The molecule has 0 heterocycles. The van der Waals surface area contributed by atoms with Gasteiger partial charge < -0.3 is 0 Å². The first-order valence-electron chi connectivity index (χ1n) is 7.12. The van der Waals surface area contributed by atoms with E-state index >= 15 is 0 Å². The second-order valence-electron chi connectivity index (χ2n) is 6.28. The number of carbonyl (C=O) groups excluding carboxylic acids is 1. The molecule has 92 valence electrons. The minimum atomic E-state index is 0.347.